The molecule has 0 aliphatic rings. The first-order valence-corrected chi connectivity index (χ1v) is 42.7. The first-order chi connectivity index (χ1) is 49.0. The molecule has 100 heavy (non-hydrogen) atoms. The Morgan fingerprint density at radius 1 is 0.310 bits per heavy atom. The van der Waals surface area contributed by atoms with Gasteiger partial charge in [0.05, 0.1) is 27.7 Å². The molecular formula is C90H155NO8P+. The van der Waals surface area contributed by atoms with E-state index >= 15 is 0 Å². The fraction of sp³-hybridized carbons (Fsp3) is 0.689. The summed E-state index contributed by atoms with van der Waals surface area (Å²) in [5.74, 6) is -0.789. The number of carbonyl (C=O) groups excluding carboxylic acids is 2. The summed E-state index contributed by atoms with van der Waals surface area (Å²) in [6.07, 6.45) is 118. The molecule has 0 aliphatic heterocycles. The van der Waals surface area contributed by atoms with Gasteiger partial charge in [-0.05, 0) is 122 Å². The van der Waals surface area contributed by atoms with Crippen molar-refractivity contribution >= 4 is 19.8 Å². The summed E-state index contributed by atoms with van der Waals surface area (Å²) in [6.45, 7) is 4.23. The molecule has 10 heteroatoms. The zero-order chi connectivity index (χ0) is 72.5. The lowest BCUT2D eigenvalue weighted by Crippen LogP contribution is -2.37. The SMILES string of the molecule is CC/C=C\C/C=C\C/C=C\C/C=C\C/C=C\C/C=C\C/C=C\C/C=C\CCCCCCCCCCCCCCCCCCC(=O)OC(COC(=O)CCCCCCCCCCCCCCCCCCCCC/C=C\C/C=C\C/C=C\C/C=C\C/C=C\CC)COP(=O)(O)OCC[N+](C)(C)C. The second kappa shape index (κ2) is 78.8. The molecule has 2 atom stereocenters. The first-order valence-electron chi connectivity index (χ1n) is 41.2. The van der Waals surface area contributed by atoms with Crippen molar-refractivity contribution in [2.24, 2.45) is 0 Å². The predicted molar refractivity (Wildman–Crippen MR) is 436 cm³/mol. The van der Waals surface area contributed by atoms with Crippen LogP contribution in [-0.2, 0) is 32.7 Å². The normalized spacial score (nSPS) is 13.9. The highest BCUT2D eigenvalue weighted by atomic mass is 31.2. The van der Waals surface area contributed by atoms with Crippen LogP contribution in [0.1, 0.15) is 348 Å². The van der Waals surface area contributed by atoms with Crippen LogP contribution in [0, 0.1) is 0 Å². The molecule has 572 valence electrons. The van der Waals surface area contributed by atoms with Gasteiger partial charge in [-0.15, -0.1) is 0 Å². The van der Waals surface area contributed by atoms with Crippen LogP contribution in [0.3, 0.4) is 0 Å². The summed E-state index contributed by atoms with van der Waals surface area (Å²) < 4.78 is 34.9. The number of quaternary nitrogens is 1. The summed E-state index contributed by atoms with van der Waals surface area (Å²) in [7, 11) is 1.48. The molecule has 2 unspecified atom stereocenters. The number of carbonyl (C=O) groups is 2. The van der Waals surface area contributed by atoms with Crippen molar-refractivity contribution in [2.45, 2.75) is 354 Å². The Morgan fingerprint density at radius 3 is 0.800 bits per heavy atom. The molecular weight excluding hydrogens is 1250 g/mol. The molecule has 0 bridgehead atoms. The van der Waals surface area contributed by atoms with Crippen molar-refractivity contribution in [2.75, 3.05) is 47.5 Å². The Hall–Kier alpha value is -4.37. The van der Waals surface area contributed by atoms with Crippen molar-refractivity contribution in [3.63, 3.8) is 0 Å². The van der Waals surface area contributed by atoms with E-state index in [9.17, 15) is 19.0 Å². The van der Waals surface area contributed by atoms with Gasteiger partial charge in [0.1, 0.15) is 19.8 Å². The van der Waals surface area contributed by atoms with Gasteiger partial charge in [0.25, 0.3) is 0 Å². The number of ether oxygens (including phenoxy) is 2. The van der Waals surface area contributed by atoms with Crippen molar-refractivity contribution in [3.8, 4) is 0 Å². The lowest BCUT2D eigenvalue weighted by Gasteiger charge is -2.24. The van der Waals surface area contributed by atoms with Gasteiger partial charge in [0.15, 0.2) is 6.10 Å². The Morgan fingerprint density at radius 2 is 0.540 bits per heavy atom. The second-order valence-electron chi connectivity index (χ2n) is 28.4. The molecule has 0 rings (SSSR count). The van der Waals surface area contributed by atoms with Crippen LogP contribution >= 0.6 is 7.82 Å². The minimum absolute atomic E-state index is 0.0281. The molecule has 0 aromatic heterocycles. The number of likely N-dealkylation sites (N-methyl/N-ethyl adjacent to an activating group) is 1. The second-order valence-corrected chi connectivity index (χ2v) is 29.8. The molecule has 0 saturated heterocycles. The third-order valence-electron chi connectivity index (χ3n) is 17.6. The highest BCUT2D eigenvalue weighted by Gasteiger charge is 2.27. The van der Waals surface area contributed by atoms with Crippen LogP contribution < -0.4 is 0 Å². The number of hydrogen-bond donors (Lipinski definition) is 1. The average molecular weight is 1410 g/mol. The molecule has 0 aliphatic carbocycles. The Balaban J connectivity index is 3.97. The largest absolute Gasteiger partial charge is 0.472 e. The molecule has 0 radical (unpaired) electrons. The zero-order valence-electron chi connectivity index (χ0n) is 65.4. The predicted octanol–water partition coefficient (Wildman–Crippen LogP) is 27.8. The summed E-state index contributed by atoms with van der Waals surface area (Å²) in [6, 6.07) is 0. The van der Waals surface area contributed by atoms with Crippen molar-refractivity contribution in [1.82, 2.24) is 0 Å². The monoisotopic (exact) mass is 1410 g/mol. The summed E-state index contributed by atoms with van der Waals surface area (Å²) >= 11 is 0. The molecule has 0 saturated carbocycles. The molecule has 0 aromatic rings. The average Bonchev–Trinajstić information content (AvgIpc) is 1.30. The standard InChI is InChI=1S/C90H154NO8P/c1-6-8-10-12-14-16-18-20-22-24-26-28-30-32-34-36-38-40-42-43-44-45-46-47-49-51-53-55-57-59-61-63-65-67-69-71-73-75-77-79-81-83-90(93)99-88(87-98-100(94,95)97-85-84-91(3,4)5)86-96-89(92)82-80-78-76-74-72-70-68-66-64-62-60-58-56-54-52-50-48-41-39-37-35-33-31-29-27-25-23-21-19-17-15-13-11-9-7-2/h8-11,14-17,20-23,26-29,32-35,38,40,43-44,46-47,88H,6-7,12-13,18-19,24-25,30-31,36-37,39,41-42,45,48-87H2,1-5H3/p+1/b10-8-,11-9-,16-14-,17-15-,22-20-,23-21-,28-26-,29-27-,34-32-,35-33-,40-38-,44-43-,47-46-. The molecule has 0 aromatic carbocycles. The fourth-order valence-electron chi connectivity index (χ4n) is 11.4. The van der Waals surface area contributed by atoms with Gasteiger partial charge in [-0.3, -0.25) is 18.6 Å². The molecule has 9 nitrogen and oxygen atoms in total. The lowest BCUT2D eigenvalue weighted by molar-refractivity contribution is -0.870. The van der Waals surface area contributed by atoms with E-state index in [0.29, 0.717) is 17.4 Å². The van der Waals surface area contributed by atoms with Gasteiger partial charge < -0.3 is 18.9 Å². The minimum Gasteiger partial charge on any atom is -0.462 e. The number of hydrogen-bond acceptors (Lipinski definition) is 7. The van der Waals surface area contributed by atoms with Gasteiger partial charge in [0.2, 0.25) is 0 Å². The third kappa shape index (κ3) is 82.6. The number of rotatable bonds is 75. The quantitative estimate of drug-likeness (QED) is 0.0211. The number of allylic oxidation sites excluding steroid dienone is 26. The minimum atomic E-state index is -4.40. The van der Waals surface area contributed by atoms with Crippen LogP contribution in [0.25, 0.3) is 0 Å². The molecule has 0 spiro atoms. The van der Waals surface area contributed by atoms with Crippen molar-refractivity contribution < 1.29 is 42.1 Å². The summed E-state index contributed by atoms with van der Waals surface area (Å²) in [4.78, 5) is 36.0. The number of phosphoric acid groups is 1. The molecule has 0 heterocycles. The van der Waals surface area contributed by atoms with E-state index in [2.05, 4.69) is 172 Å². The molecule has 0 amide bonds. The Bertz CT molecular complexity index is 2250. The van der Waals surface area contributed by atoms with E-state index in [1.54, 1.807) is 0 Å². The number of nitrogens with zero attached hydrogens (tertiary/aromatic N) is 1. The van der Waals surface area contributed by atoms with Gasteiger partial charge in [-0.2, -0.15) is 0 Å². The Labute approximate surface area is 617 Å². The topological polar surface area (TPSA) is 108 Å². The van der Waals surface area contributed by atoms with Crippen molar-refractivity contribution in [1.29, 1.82) is 0 Å². The van der Waals surface area contributed by atoms with E-state index in [4.69, 9.17) is 18.5 Å². The third-order valence-corrected chi connectivity index (χ3v) is 18.5. The van der Waals surface area contributed by atoms with Gasteiger partial charge in [0, 0.05) is 12.8 Å². The maximum Gasteiger partial charge on any atom is 0.472 e. The van der Waals surface area contributed by atoms with Crippen LogP contribution in [0.4, 0.5) is 0 Å². The van der Waals surface area contributed by atoms with E-state index in [1.807, 2.05) is 21.1 Å². The van der Waals surface area contributed by atoms with E-state index in [0.717, 1.165) is 122 Å². The van der Waals surface area contributed by atoms with E-state index in [1.165, 1.54) is 193 Å². The van der Waals surface area contributed by atoms with Gasteiger partial charge in [-0.1, -0.05) is 371 Å². The van der Waals surface area contributed by atoms with Crippen LogP contribution in [0.2, 0.25) is 0 Å². The summed E-state index contributed by atoms with van der Waals surface area (Å²) in [5, 5.41) is 0. The zero-order valence-corrected chi connectivity index (χ0v) is 66.3. The van der Waals surface area contributed by atoms with Crippen molar-refractivity contribution in [3.05, 3.63) is 158 Å². The summed E-state index contributed by atoms with van der Waals surface area (Å²) in [5.41, 5.74) is 0. The Kier molecular flexibility index (Phi) is 75.3. The maximum atomic E-state index is 12.9. The highest BCUT2D eigenvalue weighted by molar-refractivity contribution is 7.47. The van der Waals surface area contributed by atoms with Crippen LogP contribution in [-0.4, -0.2) is 74.9 Å². The number of phosphoric ester groups is 1. The number of esters is 2. The smallest absolute Gasteiger partial charge is 0.462 e. The number of unbranched alkanes of at least 4 members (excludes halogenated alkanes) is 35. The maximum absolute atomic E-state index is 12.9. The van der Waals surface area contributed by atoms with E-state index < -0.39 is 26.5 Å². The lowest BCUT2D eigenvalue weighted by atomic mass is 10.0. The van der Waals surface area contributed by atoms with Crippen LogP contribution in [0.15, 0.2) is 158 Å². The van der Waals surface area contributed by atoms with Gasteiger partial charge >= 0.3 is 19.8 Å². The van der Waals surface area contributed by atoms with Crippen LogP contribution in [0.5, 0.6) is 0 Å². The first kappa shape index (κ1) is 95.6. The molecule has 0 fully saturated rings. The van der Waals surface area contributed by atoms with Gasteiger partial charge in [-0.25, -0.2) is 4.57 Å². The highest BCUT2D eigenvalue weighted by Crippen LogP contribution is 2.43. The molecule has 1 N–H and O–H groups in total. The fourth-order valence-corrected chi connectivity index (χ4v) is 12.1. The van der Waals surface area contributed by atoms with E-state index in [-0.39, 0.29) is 32.0 Å².